The van der Waals surface area contributed by atoms with E-state index >= 15 is 0 Å². The first-order valence-corrected chi connectivity index (χ1v) is 9.76. The second-order valence-electron chi connectivity index (χ2n) is 6.68. The molecule has 2 aromatic rings. The number of hydrogen-bond donors (Lipinski definition) is 1. The minimum absolute atomic E-state index is 0.0133. The third kappa shape index (κ3) is 2.87. The van der Waals surface area contributed by atoms with Gasteiger partial charge in [-0.2, -0.15) is 11.3 Å². The molecule has 0 saturated carbocycles. The average Bonchev–Trinajstić information content (AvgIpc) is 3.26. The normalized spacial score (nSPS) is 21.9. The predicted molar refractivity (Wildman–Crippen MR) is 104 cm³/mol. The van der Waals surface area contributed by atoms with Gasteiger partial charge in [0, 0.05) is 31.2 Å². The zero-order valence-corrected chi connectivity index (χ0v) is 15.3. The van der Waals surface area contributed by atoms with Crippen LogP contribution in [0.1, 0.15) is 30.9 Å². The summed E-state index contributed by atoms with van der Waals surface area (Å²) >= 11 is 1.71. The first-order chi connectivity index (χ1) is 12.2. The SMILES string of the molecule is CC=C1C(N)Cc2cccc(N3CCCC3=O)c2N1Cc1ccsc1. The lowest BCUT2D eigenvalue weighted by atomic mass is 9.93. The van der Waals surface area contributed by atoms with Crippen LogP contribution in [0.15, 0.2) is 46.8 Å². The molecule has 0 radical (unpaired) electrons. The van der Waals surface area contributed by atoms with Crippen molar-refractivity contribution in [3.05, 3.63) is 57.9 Å². The van der Waals surface area contributed by atoms with Crippen molar-refractivity contribution >= 4 is 28.6 Å². The van der Waals surface area contributed by atoms with Gasteiger partial charge in [0.2, 0.25) is 5.91 Å². The van der Waals surface area contributed by atoms with E-state index in [0.29, 0.717) is 6.42 Å². The molecule has 4 rings (SSSR count). The summed E-state index contributed by atoms with van der Waals surface area (Å²) in [5.74, 6) is 0.223. The summed E-state index contributed by atoms with van der Waals surface area (Å²) in [5.41, 5.74) is 12.3. The summed E-state index contributed by atoms with van der Waals surface area (Å²) in [7, 11) is 0. The topological polar surface area (TPSA) is 49.6 Å². The molecule has 3 heterocycles. The third-order valence-corrected chi connectivity index (χ3v) is 5.81. The van der Waals surface area contributed by atoms with Crippen molar-refractivity contribution in [3.63, 3.8) is 0 Å². The van der Waals surface area contributed by atoms with Crippen LogP contribution in [0.4, 0.5) is 11.4 Å². The maximum Gasteiger partial charge on any atom is 0.227 e. The van der Waals surface area contributed by atoms with Gasteiger partial charge in [0.25, 0.3) is 0 Å². The van der Waals surface area contributed by atoms with Crippen molar-refractivity contribution in [2.75, 3.05) is 16.3 Å². The fraction of sp³-hybridized carbons (Fsp3) is 0.350. The molecule has 2 aliphatic heterocycles. The van der Waals surface area contributed by atoms with Gasteiger partial charge in [0.15, 0.2) is 0 Å². The summed E-state index contributed by atoms with van der Waals surface area (Å²) in [6, 6.07) is 8.41. The lowest BCUT2D eigenvalue weighted by molar-refractivity contribution is -0.117. The van der Waals surface area contributed by atoms with Gasteiger partial charge in [-0.1, -0.05) is 18.2 Å². The number of rotatable bonds is 3. The lowest BCUT2D eigenvalue weighted by Crippen LogP contribution is -2.42. The number of thiophene rings is 1. The molecule has 2 N–H and O–H groups in total. The molecule has 1 aromatic heterocycles. The van der Waals surface area contributed by atoms with Gasteiger partial charge in [-0.3, -0.25) is 4.79 Å². The quantitative estimate of drug-likeness (QED) is 0.916. The molecular formula is C20H23N3OS. The molecule has 0 aliphatic carbocycles. The Morgan fingerprint density at radius 2 is 2.24 bits per heavy atom. The summed E-state index contributed by atoms with van der Waals surface area (Å²) in [5, 5.41) is 4.28. The van der Waals surface area contributed by atoms with Gasteiger partial charge in [0.05, 0.1) is 11.4 Å². The Kier molecular flexibility index (Phi) is 4.36. The molecule has 4 nitrogen and oxygen atoms in total. The zero-order chi connectivity index (χ0) is 17.4. The monoisotopic (exact) mass is 353 g/mol. The molecule has 1 fully saturated rings. The number of nitrogens with zero attached hydrogens (tertiary/aromatic N) is 2. The van der Waals surface area contributed by atoms with Crippen molar-refractivity contribution in [2.45, 2.75) is 38.8 Å². The van der Waals surface area contributed by atoms with E-state index in [-0.39, 0.29) is 11.9 Å². The van der Waals surface area contributed by atoms with Crippen molar-refractivity contribution < 1.29 is 4.79 Å². The smallest absolute Gasteiger partial charge is 0.227 e. The van der Waals surface area contributed by atoms with Crippen LogP contribution in [0.25, 0.3) is 0 Å². The van der Waals surface area contributed by atoms with Crippen LogP contribution in [0.5, 0.6) is 0 Å². The fourth-order valence-corrected chi connectivity index (χ4v) is 4.61. The number of allylic oxidation sites excluding steroid dienone is 1. The highest BCUT2D eigenvalue weighted by Crippen LogP contribution is 2.42. The largest absolute Gasteiger partial charge is 0.337 e. The van der Waals surface area contributed by atoms with E-state index in [2.05, 4.69) is 46.0 Å². The predicted octanol–water partition coefficient (Wildman–Crippen LogP) is 3.67. The summed E-state index contributed by atoms with van der Waals surface area (Å²) in [4.78, 5) is 16.6. The second kappa shape index (κ2) is 6.65. The van der Waals surface area contributed by atoms with Gasteiger partial charge in [-0.25, -0.2) is 0 Å². The minimum Gasteiger partial charge on any atom is -0.337 e. The molecular weight excluding hydrogens is 330 g/mol. The Bertz CT molecular complexity index is 812. The van der Waals surface area contributed by atoms with Gasteiger partial charge >= 0.3 is 0 Å². The number of anilines is 2. The molecule has 1 aromatic carbocycles. The molecule has 1 unspecified atom stereocenters. The standard InChI is InChI=1S/C20H23N3OS/c1-2-17-16(21)11-15-5-3-6-18(22-9-4-7-19(22)24)20(15)23(17)12-14-8-10-25-13-14/h2-3,5-6,8,10,13,16H,4,7,9,11-12,21H2,1H3. The number of para-hydroxylation sites is 1. The van der Waals surface area contributed by atoms with E-state index in [1.807, 2.05) is 11.8 Å². The minimum atomic E-state index is -0.0133. The van der Waals surface area contributed by atoms with E-state index in [9.17, 15) is 4.79 Å². The Labute approximate surface area is 152 Å². The highest BCUT2D eigenvalue weighted by atomic mass is 32.1. The highest BCUT2D eigenvalue weighted by Gasteiger charge is 2.32. The Balaban J connectivity index is 1.84. The molecule has 0 spiro atoms. The Morgan fingerprint density at radius 3 is 2.92 bits per heavy atom. The van der Waals surface area contributed by atoms with Gasteiger partial charge in [0.1, 0.15) is 0 Å². The molecule has 130 valence electrons. The zero-order valence-electron chi connectivity index (χ0n) is 14.4. The van der Waals surface area contributed by atoms with E-state index in [0.717, 1.165) is 43.0 Å². The molecule has 25 heavy (non-hydrogen) atoms. The summed E-state index contributed by atoms with van der Waals surface area (Å²) in [6.07, 6.45) is 4.50. The molecule has 1 saturated heterocycles. The molecule has 5 heteroatoms. The maximum atomic E-state index is 12.4. The number of fused-ring (bicyclic) bond motifs is 1. The number of amides is 1. The summed E-state index contributed by atoms with van der Waals surface area (Å²) < 4.78 is 0. The van der Waals surface area contributed by atoms with E-state index in [4.69, 9.17) is 5.73 Å². The van der Waals surface area contributed by atoms with Crippen molar-refractivity contribution in [2.24, 2.45) is 5.73 Å². The van der Waals surface area contributed by atoms with Crippen LogP contribution in [-0.4, -0.2) is 18.5 Å². The van der Waals surface area contributed by atoms with E-state index < -0.39 is 0 Å². The van der Waals surface area contributed by atoms with Gasteiger partial charge < -0.3 is 15.5 Å². The Hall–Kier alpha value is -2.11. The molecule has 1 atom stereocenters. The van der Waals surface area contributed by atoms with Crippen LogP contribution in [0.3, 0.4) is 0 Å². The lowest BCUT2D eigenvalue weighted by Gasteiger charge is -2.39. The molecule has 1 amide bonds. The molecule has 2 aliphatic rings. The Morgan fingerprint density at radius 1 is 1.36 bits per heavy atom. The van der Waals surface area contributed by atoms with Crippen molar-refractivity contribution in [1.29, 1.82) is 0 Å². The van der Waals surface area contributed by atoms with Crippen LogP contribution < -0.4 is 15.5 Å². The van der Waals surface area contributed by atoms with E-state index in [1.54, 1.807) is 11.3 Å². The van der Waals surface area contributed by atoms with Crippen LogP contribution >= 0.6 is 11.3 Å². The number of carbonyl (C=O) groups excluding carboxylic acids is 1. The number of nitrogens with two attached hydrogens (primary N) is 1. The van der Waals surface area contributed by atoms with Crippen LogP contribution in [0, 0.1) is 0 Å². The van der Waals surface area contributed by atoms with Crippen LogP contribution in [-0.2, 0) is 17.8 Å². The average molecular weight is 353 g/mol. The van der Waals surface area contributed by atoms with Crippen molar-refractivity contribution in [1.82, 2.24) is 0 Å². The number of benzene rings is 1. The van der Waals surface area contributed by atoms with Gasteiger partial charge in [-0.15, -0.1) is 0 Å². The number of carbonyl (C=O) groups is 1. The van der Waals surface area contributed by atoms with Crippen LogP contribution in [0.2, 0.25) is 0 Å². The van der Waals surface area contributed by atoms with Gasteiger partial charge in [-0.05, 0) is 53.8 Å². The first-order valence-electron chi connectivity index (χ1n) is 8.81. The van der Waals surface area contributed by atoms with E-state index in [1.165, 1.54) is 11.1 Å². The summed E-state index contributed by atoms with van der Waals surface area (Å²) in [6.45, 7) is 3.63. The second-order valence-corrected chi connectivity index (χ2v) is 7.46. The maximum absolute atomic E-state index is 12.4. The number of hydrogen-bond acceptors (Lipinski definition) is 4. The molecule has 0 bridgehead atoms. The van der Waals surface area contributed by atoms with Crippen molar-refractivity contribution in [3.8, 4) is 0 Å². The fourth-order valence-electron chi connectivity index (χ4n) is 3.95. The first kappa shape index (κ1) is 16.4. The highest BCUT2D eigenvalue weighted by molar-refractivity contribution is 7.07. The third-order valence-electron chi connectivity index (χ3n) is 5.08.